The molecule has 1 atom stereocenters. The third-order valence-electron chi connectivity index (χ3n) is 6.91. The van der Waals surface area contributed by atoms with Crippen molar-refractivity contribution >= 4 is 23.0 Å². The van der Waals surface area contributed by atoms with E-state index in [0.717, 1.165) is 24.8 Å². The van der Waals surface area contributed by atoms with Gasteiger partial charge in [0, 0.05) is 25.2 Å². The monoisotopic (exact) mass is 535 g/mol. The van der Waals surface area contributed by atoms with Gasteiger partial charge in [-0.1, -0.05) is 6.92 Å². The van der Waals surface area contributed by atoms with Gasteiger partial charge >= 0.3 is 0 Å². The number of amides is 2. The Morgan fingerprint density at radius 1 is 1.26 bits per heavy atom. The topological polar surface area (TPSA) is 144 Å². The van der Waals surface area contributed by atoms with Gasteiger partial charge in [-0.3, -0.25) is 14.6 Å². The minimum atomic E-state index is -1.64. The number of nitrogens with one attached hydrogen (secondary N) is 3. The molecule has 4 rings (SSSR count). The van der Waals surface area contributed by atoms with Crippen molar-refractivity contribution < 1.29 is 19.1 Å². The molecule has 0 unspecified atom stereocenters. The number of aliphatic hydroxyl groups is 1. The fourth-order valence-corrected chi connectivity index (χ4v) is 4.49. The summed E-state index contributed by atoms with van der Waals surface area (Å²) in [5.74, 6) is -0.115. The first-order valence-electron chi connectivity index (χ1n) is 13.1. The van der Waals surface area contributed by atoms with Gasteiger partial charge in [0.2, 0.25) is 5.91 Å². The summed E-state index contributed by atoms with van der Waals surface area (Å²) >= 11 is 0. The lowest BCUT2D eigenvalue weighted by Crippen LogP contribution is -2.43. The molecule has 3 heterocycles. The second-order valence-electron chi connectivity index (χ2n) is 10.6. The molecule has 2 amide bonds. The highest BCUT2D eigenvalue weighted by atomic mass is 19.1. The number of halogens is 1. The average molecular weight is 536 g/mol. The van der Waals surface area contributed by atoms with Crippen molar-refractivity contribution in [1.29, 1.82) is 5.26 Å². The van der Waals surface area contributed by atoms with Crippen LogP contribution in [0.25, 0.3) is 16.9 Å². The molecule has 0 saturated heterocycles. The van der Waals surface area contributed by atoms with Gasteiger partial charge in [0.05, 0.1) is 52.1 Å². The van der Waals surface area contributed by atoms with Crippen LogP contribution in [0.15, 0.2) is 36.7 Å². The maximum atomic E-state index is 14.3. The Kier molecular flexibility index (Phi) is 8.45. The van der Waals surface area contributed by atoms with E-state index in [1.807, 2.05) is 19.1 Å². The minimum Gasteiger partial charge on any atom is -0.387 e. The molecule has 0 spiro atoms. The quantitative estimate of drug-likeness (QED) is 0.295. The van der Waals surface area contributed by atoms with Gasteiger partial charge in [0.1, 0.15) is 12.2 Å². The van der Waals surface area contributed by atoms with E-state index in [1.54, 1.807) is 16.6 Å². The van der Waals surface area contributed by atoms with Crippen LogP contribution < -0.4 is 16.0 Å². The number of hydrogen-bond acceptors (Lipinski definition) is 7. The summed E-state index contributed by atoms with van der Waals surface area (Å²) in [7, 11) is 0. The number of aromatic nitrogens is 3. The van der Waals surface area contributed by atoms with Crippen molar-refractivity contribution in [2.45, 2.75) is 64.3 Å². The maximum absolute atomic E-state index is 14.3. The number of carbonyl (C=O) groups is 2. The van der Waals surface area contributed by atoms with E-state index in [4.69, 9.17) is 5.26 Å². The van der Waals surface area contributed by atoms with Crippen LogP contribution in [0.3, 0.4) is 0 Å². The normalized spacial score (nSPS) is 17.6. The van der Waals surface area contributed by atoms with E-state index < -0.39 is 17.7 Å². The summed E-state index contributed by atoms with van der Waals surface area (Å²) in [5.41, 5.74) is 1.62. The van der Waals surface area contributed by atoms with Crippen LogP contribution in [0, 0.1) is 17.2 Å². The first-order chi connectivity index (χ1) is 18.6. The number of nitriles is 1. The Hall–Kier alpha value is -4.04. The van der Waals surface area contributed by atoms with Crippen LogP contribution in [0.1, 0.15) is 62.4 Å². The average Bonchev–Trinajstić information content (AvgIpc) is 3.31. The van der Waals surface area contributed by atoms with Crippen LogP contribution in [0.4, 0.5) is 10.1 Å². The number of carbonyl (C=O) groups excluding carboxylic acids is 2. The molecule has 39 heavy (non-hydrogen) atoms. The second-order valence-corrected chi connectivity index (χ2v) is 10.6. The molecular formula is C28H34FN7O3. The Labute approximate surface area is 226 Å². The fourth-order valence-electron chi connectivity index (χ4n) is 4.49. The number of pyridine rings is 1. The molecule has 0 aliphatic heterocycles. The van der Waals surface area contributed by atoms with E-state index in [9.17, 15) is 19.1 Å². The van der Waals surface area contributed by atoms with Crippen molar-refractivity contribution in [1.82, 2.24) is 25.2 Å². The SMILES string of the molecule is CCCC(=O)NCC1CC(Nc2cc(-c3ccc4cc(C#N)cnn34)ncc2C(=O)NC[C@@H](F)C(C)(C)O)C1. The number of fused-ring (bicyclic) bond motifs is 1. The molecular weight excluding hydrogens is 501 g/mol. The summed E-state index contributed by atoms with van der Waals surface area (Å²) < 4.78 is 15.9. The Bertz CT molecular complexity index is 1390. The number of hydrogen-bond donors (Lipinski definition) is 4. The van der Waals surface area contributed by atoms with Gasteiger partial charge in [-0.15, -0.1) is 0 Å². The van der Waals surface area contributed by atoms with Gasteiger partial charge in [0.25, 0.3) is 5.91 Å². The molecule has 11 heteroatoms. The van der Waals surface area contributed by atoms with E-state index >= 15 is 0 Å². The van der Waals surface area contributed by atoms with Crippen LogP contribution in [-0.4, -0.2) is 62.4 Å². The Balaban J connectivity index is 1.54. The van der Waals surface area contributed by atoms with E-state index in [2.05, 4.69) is 32.1 Å². The molecule has 0 bridgehead atoms. The lowest BCUT2D eigenvalue weighted by Gasteiger charge is -2.37. The highest BCUT2D eigenvalue weighted by molar-refractivity contribution is 6.00. The Morgan fingerprint density at radius 3 is 2.72 bits per heavy atom. The molecule has 3 aromatic heterocycles. The minimum absolute atomic E-state index is 0.0544. The van der Waals surface area contributed by atoms with Crippen molar-refractivity contribution in [3.63, 3.8) is 0 Å². The molecule has 3 aromatic rings. The lowest BCUT2D eigenvalue weighted by atomic mass is 9.80. The third-order valence-corrected chi connectivity index (χ3v) is 6.91. The highest BCUT2D eigenvalue weighted by Gasteiger charge is 2.31. The van der Waals surface area contributed by atoms with Crippen molar-refractivity contribution in [2.75, 3.05) is 18.4 Å². The molecule has 1 aliphatic rings. The van der Waals surface area contributed by atoms with Crippen molar-refractivity contribution in [3.05, 3.63) is 47.8 Å². The summed E-state index contributed by atoms with van der Waals surface area (Å²) in [6.45, 7) is 4.93. The van der Waals surface area contributed by atoms with Gasteiger partial charge in [-0.2, -0.15) is 10.4 Å². The molecule has 4 N–H and O–H groups in total. The van der Waals surface area contributed by atoms with E-state index in [0.29, 0.717) is 41.5 Å². The molecule has 1 fully saturated rings. The van der Waals surface area contributed by atoms with Crippen LogP contribution >= 0.6 is 0 Å². The maximum Gasteiger partial charge on any atom is 0.255 e. The zero-order valence-corrected chi connectivity index (χ0v) is 22.4. The highest BCUT2D eigenvalue weighted by Crippen LogP contribution is 2.32. The predicted molar refractivity (Wildman–Crippen MR) is 145 cm³/mol. The van der Waals surface area contributed by atoms with Gasteiger partial charge in [0.15, 0.2) is 0 Å². The summed E-state index contributed by atoms with van der Waals surface area (Å²) in [5, 5.41) is 32.3. The lowest BCUT2D eigenvalue weighted by molar-refractivity contribution is -0.121. The van der Waals surface area contributed by atoms with E-state index in [1.165, 1.54) is 26.2 Å². The van der Waals surface area contributed by atoms with Crippen molar-refractivity contribution in [3.8, 4) is 17.5 Å². The molecule has 0 radical (unpaired) electrons. The summed E-state index contributed by atoms with van der Waals surface area (Å²) in [6, 6.07) is 9.32. The van der Waals surface area contributed by atoms with Crippen LogP contribution in [-0.2, 0) is 4.79 Å². The van der Waals surface area contributed by atoms with Crippen LogP contribution in [0.5, 0.6) is 0 Å². The zero-order valence-electron chi connectivity index (χ0n) is 22.4. The molecule has 10 nitrogen and oxygen atoms in total. The van der Waals surface area contributed by atoms with Crippen LogP contribution in [0.2, 0.25) is 0 Å². The fraction of sp³-hybridized carbons (Fsp3) is 0.464. The van der Waals surface area contributed by atoms with Gasteiger partial charge in [-0.25, -0.2) is 8.91 Å². The number of nitrogens with zero attached hydrogens (tertiary/aromatic N) is 4. The van der Waals surface area contributed by atoms with Gasteiger partial charge < -0.3 is 21.1 Å². The standard InChI is InChI=1S/C28H34FN7O3/c1-4-5-26(37)32-13-17-8-19(9-17)35-22-11-23(24-7-6-20-10-18(12-30)14-34-36(20)24)31-15-21(22)27(38)33-16-25(29)28(2,3)39/h6-7,10-11,14-15,17,19,25,39H,4-5,8-9,13,16H2,1-3H3,(H,31,35)(H,32,37)(H,33,38)/t17?,19?,25-/m1/s1. The first kappa shape index (κ1) is 28.0. The first-order valence-corrected chi connectivity index (χ1v) is 13.1. The second kappa shape index (κ2) is 11.8. The largest absolute Gasteiger partial charge is 0.387 e. The number of rotatable bonds is 11. The Morgan fingerprint density at radius 2 is 2.03 bits per heavy atom. The van der Waals surface area contributed by atoms with Crippen molar-refractivity contribution in [2.24, 2.45) is 5.92 Å². The number of anilines is 1. The smallest absolute Gasteiger partial charge is 0.255 e. The molecule has 206 valence electrons. The zero-order chi connectivity index (χ0) is 28.2. The summed E-state index contributed by atoms with van der Waals surface area (Å²) in [6.07, 6.45) is 4.24. The van der Waals surface area contributed by atoms with Gasteiger partial charge in [-0.05, 0) is 63.3 Å². The molecule has 1 saturated carbocycles. The van der Waals surface area contributed by atoms with E-state index in [-0.39, 0.29) is 24.1 Å². The third kappa shape index (κ3) is 6.70. The summed E-state index contributed by atoms with van der Waals surface area (Å²) in [4.78, 5) is 29.3. The predicted octanol–water partition coefficient (Wildman–Crippen LogP) is 3.21. The number of alkyl halides is 1. The molecule has 1 aliphatic carbocycles. The molecule has 0 aromatic carbocycles.